The van der Waals surface area contributed by atoms with E-state index in [1.54, 1.807) is 24.3 Å². The van der Waals surface area contributed by atoms with Gasteiger partial charge in [-0.1, -0.05) is 0 Å². The molecule has 0 saturated carbocycles. The molecule has 1 atom stereocenters. The second-order valence-corrected chi connectivity index (χ2v) is 3.94. The van der Waals surface area contributed by atoms with E-state index in [1.807, 2.05) is 0 Å². The summed E-state index contributed by atoms with van der Waals surface area (Å²) in [7, 11) is 0. The molecule has 0 amide bonds. The molecule has 0 aliphatic rings. The Hall–Kier alpha value is -1.75. The van der Waals surface area contributed by atoms with Gasteiger partial charge in [0.25, 0.3) is 0 Å². The lowest BCUT2D eigenvalue weighted by Crippen LogP contribution is -2.29. The Morgan fingerprint density at radius 3 is 2.47 bits per heavy atom. The van der Waals surface area contributed by atoms with E-state index < -0.39 is 12.0 Å². The Morgan fingerprint density at radius 1 is 1.29 bits per heavy atom. The van der Waals surface area contributed by atoms with E-state index in [1.165, 1.54) is 0 Å². The highest BCUT2D eigenvalue weighted by molar-refractivity contribution is 5.77. The van der Waals surface area contributed by atoms with Crippen molar-refractivity contribution in [2.75, 3.05) is 17.6 Å². The number of carboxylic acid groups (broad SMARTS) is 1. The van der Waals surface area contributed by atoms with Crippen molar-refractivity contribution < 1.29 is 9.90 Å². The van der Waals surface area contributed by atoms with Gasteiger partial charge in [-0.3, -0.25) is 0 Å². The van der Waals surface area contributed by atoms with Crippen molar-refractivity contribution in [3.05, 3.63) is 24.3 Å². The number of carbonyl (C=O) groups is 1. The molecule has 1 aromatic carbocycles. The molecule has 0 bridgehead atoms. The molecule has 6 N–H and O–H groups in total. The molecule has 0 spiro atoms. The molecule has 0 aromatic heterocycles. The van der Waals surface area contributed by atoms with E-state index in [4.69, 9.17) is 16.6 Å². The molecule has 0 aliphatic heterocycles. The van der Waals surface area contributed by atoms with Crippen LogP contribution in [0.25, 0.3) is 0 Å². The zero-order valence-corrected chi connectivity index (χ0v) is 9.73. The highest BCUT2D eigenvalue weighted by Crippen LogP contribution is 2.14. The molecule has 5 heteroatoms. The van der Waals surface area contributed by atoms with E-state index in [0.29, 0.717) is 18.7 Å². The first kappa shape index (κ1) is 13.3. The van der Waals surface area contributed by atoms with Gasteiger partial charge in [0.2, 0.25) is 0 Å². The fraction of sp³-hybridized carbons (Fsp3) is 0.417. The maximum atomic E-state index is 11.0. The maximum absolute atomic E-state index is 11.0. The van der Waals surface area contributed by atoms with Gasteiger partial charge in [0, 0.05) is 11.4 Å². The van der Waals surface area contributed by atoms with Crippen LogP contribution in [0.1, 0.15) is 19.3 Å². The van der Waals surface area contributed by atoms with E-state index in [-0.39, 0.29) is 0 Å². The quantitative estimate of drug-likeness (QED) is 0.422. The number of nitrogens with one attached hydrogen (secondary N) is 1. The van der Waals surface area contributed by atoms with Crippen LogP contribution in [0.2, 0.25) is 0 Å². The highest BCUT2D eigenvalue weighted by atomic mass is 16.4. The summed E-state index contributed by atoms with van der Waals surface area (Å²) in [5.74, 6) is -0.848. The summed E-state index contributed by atoms with van der Waals surface area (Å²) in [5, 5.41) is 12.0. The lowest BCUT2D eigenvalue weighted by Gasteiger charge is -2.15. The predicted molar refractivity (Wildman–Crippen MR) is 68.8 cm³/mol. The molecule has 1 aromatic rings. The molecule has 0 unspecified atom stereocenters. The molecule has 0 fully saturated rings. The predicted octanol–water partition coefficient (Wildman–Crippen LogP) is 1.26. The summed E-state index contributed by atoms with van der Waals surface area (Å²) in [6, 6.07) is 6.44. The number of hydrogen-bond acceptors (Lipinski definition) is 4. The third-order valence-electron chi connectivity index (χ3n) is 2.50. The van der Waals surface area contributed by atoms with Crippen LogP contribution in [-0.4, -0.2) is 23.7 Å². The number of nitrogen functional groups attached to an aromatic ring is 1. The SMILES string of the molecule is NCCCC[C@H](Nc1ccc(N)cc1)C(=O)O. The molecular weight excluding hydrogens is 218 g/mol. The van der Waals surface area contributed by atoms with Crippen molar-refractivity contribution in [1.82, 2.24) is 0 Å². The van der Waals surface area contributed by atoms with E-state index in [2.05, 4.69) is 5.32 Å². The summed E-state index contributed by atoms with van der Waals surface area (Å²) >= 11 is 0. The monoisotopic (exact) mass is 237 g/mol. The van der Waals surface area contributed by atoms with Crippen LogP contribution in [0.15, 0.2) is 24.3 Å². The lowest BCUT2D eigenvalue weighted by atomic mass is 10.1. The van der Waals surface area contributed by atoms with Gasteiger partial charge >= 0.3 is 5.97 Å². The highest BCUT2D eigenvalue weighted by Gasteiger charge is 2.16. The number of benzene rings is 1. The molecule has 0 saturated heterocycles. The molecule has 0 heterocycles. The Bertz CT molecular complexity index is 351. The molecule has 17 heavy (non-hydrogen) atoms. The zero-order valence-electron chi connectivity index (χ0n) is 9.73. The number of aliphatic carboxylic acids is 1. The number of nitrogens with two attached hydrogens (primary N) is 2. The van der Waals surface area contributed by atoms with Crippen LogP contribution in [0.5, 0.6) is 0 Å². The summed E-state index contributed by atoms with van der Waals surface area (Å²) in [6.45, 7) is 0.591. The number of carboxylic acids is 1. The maximum Gasteiger partial charge on any atom is 0.326 e. The third kappa shape index (κ3) is 4.74. The number of anilines is 2. The average Bonchev–Trinajstić information content (AvgIpc) is 2.30. The van der Waals surface area contributed by atoms with Gasteiger partial charge in [0.1, 0.15) is 6.04 Å². The third-order valence-corrected chi connectivity index (χ3v) is 2.50. The minimum Gasteiger partial charge on any atom is -0.480 e. The topological polar surface area (TPSA) is 101 Å². The van der Waals surface area contributed by atoms with E-state index >= 15 is 0 Å². The fourth-order valence-corrected chi connectivity index (χ4v) is 1.53. The van der Waals surface area contributed by atoms with Crippen molar-refractivity contribution in [2.45, 2.75) is 25.3 Å². The summed E-state index contributed by atoms with van der Waals surface area (Å²) in [6.07, 6.45) is 2.21. The number of hydrogen-bond donors (Lipinski definition) is 4. The van der Waals surface area contributed by atoms with Crippen LogP contribution in [0.4, 0.5) is 11.4 Å². The van der Waals surface area contributed by atoms with Gasteiger partial charge in [-0.15, -0.1) is 0 Å². The second-order valence-electron chi connectivity index (χ2n) is 3.94. The van der Waals surface area contributed by atoms with Crippen molar-refractivity contribution in [1.29, 1.82) is 0 Å². The molecule has 5 nitrogen and oxygen atoms in total. The summed E-state index contributed by atoms with van der Waals surface area (Å²) in [5.41, 5.74) is 12.4. The first-order valence-corrected chi connectivity index (χ1v) is 5.68. The molecular formula is C12H19N3O2. The van der Waals surface area contributed by atoms with Gasteiger partial charge in [-0.2, -0.15) is 0 Å². The van der Waals surface area contributed by atoms with Crippen molar-refractivity contribution in [2.24, 2.45) is 5.73 Å². The smallest absolute Gasteiger partial charge is 0.326 e. The van der Waals surface area contributed by atoms with Crippen molar-refractivity contribution >= 4 is 17.3 Å². The van der Waals surface area contributed by atoms with Gasteiger partial charge in [-0.05, 0) is 50.1 Å². The largest absolute Gasteiger partial charge is 0.480 e. The van der Waals surface area contributed by atoms with Crippen LogP contribution in [0, 0.1) is 0 Å². The van der Waals surface area contributed by atoms with Crippen molar-refractivity contribution in [3.8, 4) is 0 Å². The Kier molecular flexibility index (Phi) is 5.29. The first-order chi connectivity index (χ1) is 8.13. The molecule has 94 valence electrons. The average molecular weight is 237 g/mol. The summed E-state index contributed by atoms with van der Waals surface area (Å²) < 4.78 is 0. The fourth-order valence-electron chi connectivity index (χ4n) is 1.53. The number of rotatable bonds is 7. The second kappa shape index (κ2) is 6.75. The standard InChI is InChI=1S/C12H19N3O2/c13-8-2-1-3-11(12(16)17)15-10-6-4-9(14)5-7-10/h4-7,11,15H,1-3,8,13-14H2,(H,16,17)/t11-/m0/s1. The van der Waals surface area contributed by atoms with Crippen LogP contribution in [0.3, 0.4) is 0 Å². The van der Waals surface area contributed by atoms with Gasteiger partial charge in [0.05, 0.1) is 0 Å². The number of unbranched alkanes of at least 4 members (excludes halogenated alkanes) is 1. The molecule has 0 radical (unpaired) electrons. The van der Waals surface area contributed by atoms with E-state index in [0.717, 1.165) is 18.5 Å². The summed E-state index contributed by atoms with van der Waals surface area (Å²) in [4.78, 5) is 11.0. The zero-order chi connectivity index (χ0) is 12.7. The molecule has 0 aliphatic carbocycles. The Balaban J connectivity index is 2.54. The van der Waals surface area contributed by atoms with Gasteiger partial charge in [-0.25, -0.2) is 4.79 Å². The normalized spacial score (nSPS) is 12.1. The van der Waals surface area contributed by atoms with Crippen LogP contribution < -0.4 is 16.8 Å². The van der Waals surface area contributed by atoms with E-state index in [9.17, 15) is 4.79 Å². The Morgan fingerprint density at radius 2 is 1.94 bits per heavy atom. The van der Waals surface area contributed by atoms with Crippen molar-refractivity contribution in [3.63, 3.8) is 0 Å². The minimum atomic E-state index is -0.848. The minimum absolute atomic E-state index is 0.566. The molecule has 1 rings (SSSR count). The van der Waals surface area contributed by atoms with Gasteiger partial charge < -0.3 is 21.9 Å². The van der Waals surface area contributed by atoms with Crippen LogP contribution in [-0.2, 0) is 4.79 Å². The van der Waals surface area contributed by atoms with Crippen LogP contribution >= 0.6 is 0 Å². The Labute approximate surface area is 101 Å². The first-order valence-electron chi connectivity index (χ1n) is 5.68. The van der Waals surface area contributed by atoms with Gasteiger partial charge in [0.15, 0.2) is 0 Å². The lowest BCUT2D eigenvalue weighted by molar-refractivity contribution is -0.138.